The molecule has 0 aliphatic carbocycles. The molecule has 1 heterocycles. The van der Waals surface area contributed by atoms with Gasteiger partial charge in [-0.2, -0.15) is 0 Å². The number of anilines is 1. The van der Waals surface area contributed by atoms with Gasteiger partial charge in [0.05, 0.1) is 4.92 Å². The van der Waals surface area contributed by atoms with Crippen molar-refractivity contribution in [2.24, 2.45) is 0 Å². The van der Waals surface area contributed by atoms with Gasteiger partial charge in [0, 0.05) is 41.9 Å². The molecule has 2 aromatic rings. The molecular weight excluding hydrogens is 362 g/mol. The van der Waals surface area contributed by atoms with Crippen LogP contribution in [0.3, 0.4) is 0 Å². The quantitative estimate of drug-likeness (QED) is 0.337. The van der Waals surface area contributed by atoms with E-state index in [9.17, 15) is 14.9 Å². The van der Waals surface area contributed by atoms with Crippen LogP contribution >= 0.6 is 11.8 Å². The monoisotopic (exact) mass is 385 g/mol. The second-order valence-electron chi connectivity index (χ2n) is 6.57. The zero-order valence-electron chi connectivity index (χ0n) is 15.3. The SMILES string of the molecule is Cc1ccc(SCCNC(=O)c2ccc(N3CCCC3)c([N+](=O)[O-])c2)cc1. The first-order chi connectivity index (χ1) is 13.0. The molecule has 0 unspecified atom stereocenters. The lowest BCUT2D eigenvalue weighted by atomic mass is 10.1. The zero-order valence-corrected chi connectivity index (χ0v) is 16.1. The molecule has 142 valence electrons. The Morgan fingerprint density at radius 1 is 1.19 bits per heavy atom. The zero-order chi connectivity index (χ0) is 19.2. The van der Waals surface area contributed by atoms with Crippen molar-refractivity contribution in [1.82, 2.24) is 5.32 Å². The summed E-state index contributed by atoms with van der Waals surface area (Å²) in [6.07, 6.45) is 2.08. The molecule has 27 heavy (non-hydrogen) atoms. The maximum atomic E-state index is 12.4. The van der Waals surface area contributed by atoms with Crippen LogP contribution < -0.4 is 10.2 Å². The molecule has 0 spiro atoms. The number of nitrogens with zero attached hydrogens (tertiary/aromatic N) is 2. The van der Waals surface area contributed by atoms with Gasteiger partial charge in [-0.3, -0.25) is 14.9 Å². The molecule has 2 aromatic carbocycles. The van der Waals surface area contributed by atoms with Crippen LogP contribution in [-0.4, -0.2) is 36.2 Å². The number of nitro groups is 1. The maximum Gasteiger partial charge on any atom is 0.293 e. The average Bonchev–Trinajstić information content (AvgIpc) is 3.20. The second-order valence-corrected chi connectivity index (χ2v) is 7.74. The summed E-state index contributed by atoms with van der Waals surface area (Å²) in [6, 6.07) is 13.0. The fraction of sp³-hybridized carbons (Fsp3) is 0.350. The topological polar surface area (TPSA) is 75.5 Å². The summed E-state index contributed by atoms with van der Waals surface area (Å²) < 4.78 is 0. The summed E-state index contributed by atoms with van der Waals surface area (Å²) in [6.45, 7) is 4.19. The van der Waals surface area contributed by atoms with Crippen LogP contribution in [0.25, 0.3) is 0 Å². The van der Waals surface area contributed by atoms with E-state index < -0.39 is 4.92 Å². The molecule has 3 rings (SSSR count). The van der Waals surface area contributed by atoms with Crippen molar-refractivity contribution in [3.8, 4) is 0 Å². The molecule has 1 aliphatic heterocycles. The third-order valence-electron chi connectivity index (χ3n) is 4.56. The minimum Gasteiger partial charge on any atom is -0.366 e. The molecular formula is C20H23N3O3S. The Bertz CT molecular complexity index is 818. The molecule has 0 saturated carbocycles. The summed E-state index contributed by atoms with van der Waals surface area (Å²) in [5.41, 5.74) is 2.14. The first-order valence-electron chi connectivity index (χ1n) is 9.05. The smallest absolute Gasteiger partial charge is 0.293 e. The van der Waals surface area contributed by atoms with Crippen molar-refractivity contribution < 1.29 is 9.72 Å². The molecule has 0 radical (unpaired) electrons. The van der Waals surface area contributed by atoms with Crippen molar-refractivity contribution in [1.29, 1.82) is 0 Å². The predicted molar refractivity (Wildman–Crippen MR) is 109 cm³/mol. The number of thioether (sulfide) groups is 1. The lowest BCUT2D eigenvalue weighted by Gasteiger charge is -2.17. The van der Waals surface area contributed by atoms with Crippen LogP contribution in [0.4, 0.5) is 11.4 Å². The Morgan fingerprint density at radius 2 is 1.89 bits per heavy atom. The van der Waals surface area contributed by atoms with Gasteiger partial charge in [-0.25, -0.2) is 0 Å². The Balaban J connectivity index is 1.58. The number of nitro benzene ring substituents is 1. The summed E-state index contributed by atoms with van der Waals surface area (Å²) in [5.74, 6) is 0.457. The van der Waals surface area contributed by atoms with Crippen molar-refractivity contribution in [3.05, 3.63) is 63.7 Å². The standard InChI is InChI=1S/C20H23N3O3S/c1-15-4-7-17(8-5-15)27-13-10-21-20(24)16-6-9-18(19(14-16)23(25)26)22-11-2-3-12-22/h4-9,14H,2-3,10-13H2,1H3,(H,21,24). The van der Waals surface area contributed by atoms with Gasteiger partial charge in [0.15, 0.2) is 0 Å². The number of carbonyl (C=O) groups excluding carboxylic acids is 1. The summed E-state index contributed by atoms with van der Waals surface area (Å²) in [4.78, 5) is 26.5. The third-order valence-corrected chi connectivity index (χ3v) is 5.57. The molecule has 1 saturated heterocycles. The number of aryl methyl sites for hydroxylation is 1. The first-order valence-corrected chi connectivity index (χ1v) is 10.0. The number of nitrogens with one attached hydrogen (secondary N) is 1. The van der Waals surface area contributed by atoms with E-state index in [2.05, 4.69) is 29.6 Å². The normalized spacial score (nSPS) is 13.6. The summed E-state index contributed by atoms with van der Waals surface area (Å²) in [5, 5.41) is 14.3. The van der Waals surface area contributed by atoms with E-state index in [1.165, 1.54) is 11.6 Å². The Hall–Kier alpha value is -2.54. The van der Waals surface area contributed by atoms with Crippen molar-refractivity contribution in [2.45, 2.75) is 24.7 Å². The highest BCUT2D eigenvalue weighted by atomic mass is 32.2. The molecule has 1 amide bonds. The van der Waals surface area contributed by atoms with E-state index >= 15 is 0 Å². The number of benzene rings is 2. The predicted octanol–water partition coefficient (Wildman–Crippen LogP) is 4.03. The molecule has 1 aliphatic rings. The maximum absolute atomic E-state index is 12.4. The highest BCUT2D eigenvalue weighted by Crippen LogP contribution is 2.31. The summed E-state index contributed by atoms with van der Waals surface area (Å²) >= 11 is 1.66. The third kappa shape index (κ3) is 5.01. The van der Waals surface area contributed by atoms with E-state index in [1.54, 1.807) is 23.9 Å². The van der Waals surface area contributed by atoms with Gasteiger partial charge in [0.2, 0.25) is 0 Å². The fourth-order valence-electron chi connectivity index (χ4n) is 3.11. The molecule has 7 heteroatoms. The van der Waals surface area contributed by atoms with Crippen molar-refractivity contribution in [3.63, 3.8) is 0 Å². The van der Waals surface area contributed by atoms with Gasteiger partial charge in [-0.15, -0.1) is 11.8 Å². The fourth-order valence-corrected chi connectivity index (χ4v) is 3.87. The van der Waals surface area contributed by atoms with Gasteiger partial charge >= 0.3 is 0 Å². The van der Waals surface area contributed by atoms with Gasteiger partial charge in [0.25, 0.3) is 11.6 Å². The van der Waals surface area contributed by atoms with Crippen LogP contribution in [0.2, 0.25) is 0 Å². The van der Waals surface area contributed by atoms with Crippen LogP contribution in [-0.2, 0) is 0 Å². The first kappa shape index (κ1) is 19.2. The lowest BCUT2D eigenvalue weighted by molar-refractivity contribution is -0.384. The minimum absolute atomic E-state index is 0.00131. The molecule has 1 fully saturated rings. The highest BCUT2D eigenvalue weighted by Gasteiger charge is 2.23. The summed E-state index contributed by atoms with van der Waals surface area (Å²) in [7, 11) is 0. The van der Waals surface area contributed by atoms with Crippen LogP contribution in [0.5, 0.6) is 0 Å². The number of amides is 1. The van der Waals surface area contributed by atoms with Crippen molar-refractivity contribution in [2.75, 3.05) is 30.3 Å². The number of hydrogen-bond donors (Lipinski definition) is 1. The van der Waals surface area contributed by atoms with E-state index in [4.69, 9.17) is 0 Å². The van der Waals surface area contributed by atoms with Crippen LogP contribution in [0.1, 0.15) is 28.8 Å². The van der Waals surface area contributed by atoms with Gasteiger partial charge < -0.3 is 10.2 Å². The number of carbonyl (C=O) groups is 1. The number of hydrogen-bond acceptors (Lipinski definition) is 5. The van der Waals surface area contributed by atoms with E-state index in [0.29, 0.717) is 17.8 Å². The van der Waals surface area contributed by atoms with E-state index in [0.717, 1.165) is 36.6 Å². The Labute approximate surface area is 163 Å². The Kier molecular flexibility index (Phi) is 6.34. The number of rotatable bonds is 7. The molecule has 0 atom stereocenters. The molecule has 0 aromatic heterocycles. The van der Waals surface area contributed by atoms with Crippen LogP contribution in [0, 0.1) is 17.0 Å². The molecule has 1 N–H and O–H groups in total. The van der Waals surface area contributed by atoms with Gasteiger partial charge in [-0.1, -0.05) is 17.7 Å². The van der Waals surface area contributed by atoms with Gasteiger partial charge in [-0.05, 0) is 44.0 Å². The van der Waals surface area contributed by atoms with E-state index in [1.807, 2.05) is 11.8 Å². The van der Waals surface area contributed by atoms with Crippen LogP contribution in [0.15, 0.2) is 47.4 Å². The second kappa shape index (κ2) is 8.90. The van der Waals surface area contributed by atoms with E-state index in [-0.39, 0.29) is 11.6 Å². The largest absolute Gasteiger partial charge is 0.366 e. The van der Waals surface area contributed by atoms with Gasteiger partial charge in [0.1, 0.15) is 5.69 Å². The molecule has 0 bridgehead atoms. The van der Waals surface area contributed by atoms with Crippen molar-refractivity contribution >= 4 is 29.0 Å². The average molecular weight is 385 g/mol. The lowest BCUT2D eigenvalue weighted by Crippen LogP contribution is -2.26. The minimum atomic E-state index is -0.405. The Morgan fingerprint density at radius 3 is 2.56 bits per heavy atom. The highest BCUT2D eigenvalue weighted by molar-refractivity contribution is 7.99. The molecule has 6 nitrogen and oxygen atoms in total.